The zero-order chi connectivity index (χ0) is 47.8. The van der Waals surface area contributed by atoms with E-state index in [0.29, 0.717) is 43.5 Å². The second kappa shape index (κ2) is 19.2. The van der Waals surface area contributed by atoms with Gasteiger partial charge in [-0.1, -0.05) is 39.8 Å². The predicted molar refractivity (Wildman–Crippen MR) is 251 cm³/mol. The Kier molecular flexibility index (Phi) is 14.0. The van der Waals surface area contributed by atoms with Crippen molar-refractivity contribution < 1.29 is 38.6 Å². The molecule has 3 aliphatic heterocycles. The summed E-state index contributed by atoms with van der Waals surface area (Å²) in [5.74, 6) is -2.60. The average molecular weight is 907 g/mol. The number of phenols is 1. The van der Waals surface area contributed by atoms with Crippen LogP contribution in [0.25, 0.3) is 33.3 Å². The van der Waals surface area contributed by atoms with E-state index >= 15 is 0 Å². The number of likely N-dealkylation sites (N-methyl/N-ethyl adjacent to an activating group) is 2. The van der Waals surface area contributed by atoms with E-state index in [1.54, 1.807) is 39.4 Å². The van der Waals surface area contributed by atoms with Gasteiger partial charge in [-0.15, -0.1) is 0 Å². The van der Waals surface area contributed by atoms with Crippen LogP contribution in [0.3, 0.4) is 0 Å². The first kappa shape index (κ1) is 48.1. The molecule has 5 atom stereocenters. The van der Waals surface area contributed by atoms with Crippen molar-refractivity contribution in [2.45, 2.75) is 110 Å². The predicted octanol–water partition coefficient (Wildman–Crippen LogP) is 4.75. The zero-order valence-electron chi connectivity index (χ0n) is 40.0. The monoisotopic (exact) mass is 907 g/mol. The molecule has 2 aromatic heterocycles. The van der Waals surface area contributed by atoms with E-state index in [4.69, 9.17) is 14.5 Å². The standard InChI is InChI=1S/C50H66N8O8/c1-11-57-40-17-16-32-24-36(40)37(44(57)35-14-12-18-51-42(35)30(4)65-10)25-49(5,6)28-66-47(63)38-15-13-19-58(54-38)46(62)39(22-31-20-33(32)23-34(59)21-31)53-45(61)43(29(2)3)56(9)41(60)26-55(8)48(64)50(7)27-52-50/h12,14,16-18,20-21,23-24,29-30,38-39,43,52,54,59H,11,13,15,19,22,25-28H2,1-10H3,(H,53,61)/t30-,38-,39-,43-,50+/m0/s1. The number of hydrogen-bond acceptors (Lipinski definition) is 11. The fraction of sp³-hybridized carbons (Fsp3) is 0.520. The van der Waals surface area contributed by atoms with Crippen molar-refractivity contribution in [2.75, 3.05) is 47.4 Å². The Hall–Kier alpha value is -5.84. The smallest absolute Gasteiger partial charge is 0.324 e. The van der Waals surface area contributed by atoms with Gasteiger partial charge in [0, 0.05) is 75.3 Å². The topological polar surface area (TPSA) is 198 Å². The summed E-state index contributed by atoms with van der Waals surface area (Å²) in [6.07, 6.45) is 2.93. The summed E-state index contributed by atoms with van der Waals surface area (Å²) in [4.78, 5) is 77.1. The van der Waals surface area contributed by atoms with Crippen molar-refractivity contribution in [1.29, 1.82) is 0 Å². The number of nitrogens with one attached hydrogen (secondary N) is 3. The molecule has 2 fully saturated rings. The average Bonchev–Trinajstić information content (AvgIpc) is 3.98. The molecule has 5 heterocycles. The molecule has 2 saturated heterocycles. The number of pyridine rings is 1. The van der Waals surface area contributed by atoms with Gasteiger partial charge in [0.25, 0.3) is 5.91 Å². The van der Waals surface area contributed by atoms with Gasteiger partial charge in [-0.25, -0.2) is 5.43 Å². The van der Waals surface area contributed by atoms with Gasteiger partial charge in [-0.3, -0.25) is 34.0 Å². The molecule has 4 amide bonds. The SMILES string of the molecule is CCn1c(-c2cccnc2[C@H](C)OC)c2c3cc(ccc31)-c1cc(O)cc(c1)C[C@H](NC(=O)[C@H](C(C)C)N(C)C(=O)CN(C)C(=O)[C@@]1(C)CN1)C(=O)N1CCC[C@H](N1)C(=O)OCC(C)(C)C2. The number of benzene rings is 2. The number of fused-ring (bicyclic) bond motifs is 6. The maximum atomic E-state index is 14.7. The zero-order valence-corrected chi connectivity index (χ0v) is 40.0. The van der Waals surface area contributed by atoms with Gasteiger partial charge in [0.1, 0.15) is 29.4 Å². The number of aromatic hydroxyl groups is 1. The highest BCUT2D eigenvalue weighted by atomic mass is 16.5. The third-order valence-electron chi connectivity index (χ3n) is 13.3. The maximum absolute atomic E-state index is 14.7. The third-order valence-corrected chi connectivity index (χ3v) is 13.3. The number of aryl methyl sites for hydroxylation is 1. The van der Waals surface area contributed by atoms with E-state index in [0.717, 1.165) is 39.0 Å². The van der Waals surface area contributed by atoms with Crippen LogP contribution in [0.1, 0.15) is 84.2 Å². The Bertz CT molecular complexity index is 2510. The minimum absolute atomic E-state index is 0.0190. The van der Waals surface area contributed by atoms with Gasteiger partial charge in [0.05, 0.1) is 30.6 Å². The number of nitrogens with zero attached hydrogens (tertiary/aromatic N) is 5. The number of aromatic nitrogens is 2. The summed E-state index contributed by atoms with van der Waals surface area (Å²) in [7, 11) is 4.75. The number of esters is 1. The molecule has 2 aromatic carbocycles. The first-order valence-corrected chi connectivity index (χ1v) is 23.0. The highest BCUT2D eigenvalue weighted by molar-refractivity contribution is 5.97. The number of carbonyl (C=O) groups excluding carboxylic acids is 5. The van der Waals surface area contributed by atoms with Crippen LogP contribution >= 0.6 is 0 Å². The molecular weight excluding hydrogens is 841 g/mol. The Labute approximate surface area is 387 Å². The van der Waals surface area contributed by atoms with Gasteiger partial charge in [-0.05, 0) is 105 Å². The minimum atomic E-state index is -1.18. The largest absolute Gasteiger partial charge is 0.508 e. The molecule has 7 rings (SSSR count). The van der Waals surface area contributed by atoms with Crippen molar-refractivity contribution in [3.63, 3.8) is 0 Å². The van der Waals surface area contributed by atoms with Crippen molar-refractivity contribution in [3.05, 3.63) is 71.5 Å². The Morgan fingerprint density at radius 2 is 1.80 bits per heavy atom. The number of hydrogen-bond donors (Lipinski definition) is 4. The van der Waals surface area contributed by atoms with Gasteiger partial charge >= 0.3 is 5.97 Å². The maximum Gasteiger partial charge on any atom is 0.324 e. The van der Waals surface area contributed by atoms with Crippen LogP contribution < -0.4 is 16.1 Å². The van der Waals surface area contributed by atoms with Crippen LogP contribution in [0.15, 0.2) is 54.7 Å². The van der Waals surface area contributed by atoms with E-state index in [2.05, 4.69) is 59.6 Å². The van der Waals surface area contributed by atoms with Gasteiger partial charge in [0.2, 0.25) is 17.7 Å². The van der Waals surface area contributed by atoms with Crippen LogP contribution in [0.5, 0.6) is 5.75 Å². The van der Waals surface area contributed by atoms with Crippen LogP contribution in [-0.2, 0) is 52.8 Å². The molecule has 0 unspecified atom stereocenters. The van der Waals surface area contributed by atoms with Gasteiger partial charge in [-0.2, -0.15) is 0 Å². The molecule has 0 aliphatic carbocycles. The quantitative estimate of drug-likeness (QED) is 0.120. The van der Waals surface area contributed by atoms with Crippen molar-refractivity contribution in [3.8, 4) is 28.1 Å². The molecule has 16 nitrogen and oxygen atoms in total. The molecule has 354 valence electrons. The molecule has 3 aliphatic rings. The number of phenolic OH excluding ortho intramolecular Hbond substituents is 1. The number of hydrazine groups is 1. The summed E-state index contributed by atoms with van der Waals surface area (Å²) in [5.41, 5.74) is 8.77. The summed E-state index contributed by atoms with van der Waals surface area (Å²) in [6.45, 7) is 14.9. The minimum Gasteiger partial charge on any atom is -0.508 e. The first-order valence-electron chi connectivity index (χ1n) is 23.0. The Morgan fingerprint density at radius 1 is 1.06 bits per heavy atom. The van der Waals surface area contributed by atoms with E-state index < -0.39 is 52.8 Å². The van der Waals surface area contributed by atoms with Crippen molar-refractivity contribution >= 4 is 40.5 Å². The third kappa shape index (κ3) is 9.96. The highest BCUT2D eigenvalue weighted by Crippen LogP contribution is 2.42. The van der Waals surface area contributed by atoms with Gasteiger partial charge in [0.15, 0.2) is 0 Å². The number of rotatable bonds is 11. The molecule has 16 heteroatoms. The highest BCUT2D eigenvalue weighted by Gasteiger charge is 2.47. The lowest BCUT2D eigenvalue weighted by molar-refractivity contribution is -0.155. The van der Waals surface area contributed by atoms with E-state index in [-0.39, 0.29) is 49.8 Å². The lowest BCUT2D eigenvalue weighted by Crippen LogP contribution is -2.62. The fourth-order valence-corrected chi connectivity index (χ4v) is 9.50. The molecular formula is C50H66N8O8. The summed E-state index contributed by atoms with van der Waals surface area (Å²) < 4.78 is 14.2. The van der Waals surface area contributed by atoms with Crippen LogP contribution in [0.4, 0.5) is 0 Å². The van der Waals surface area contributed by atoms with E-state index in [1.807, 2.05) is 39.0 Å². The van der Waals surface area contributed by atoms with Crippen LogP contribution in [0, 0.1) is 11.3 Å². The van der Waals surface area contributed by atoms with Gasteiger partial charge < -0.3 is 39.6 Å². The van der Waals surface area contributed by atoms with Crippen LogP contribution in [-0.4, -0.2) is 130 Å². The fourth-order valence-electron chi connectivity index (χ4n) is 9.50. The summed E-state index contributed by atoms with van der Waals surface area (Å²) in [5, 5.41) is 19.7. The summed E-state index contributed by atoms with van der Waals surface area (Å²) >= 11 is 0. The number of cyclic esters (lactones) is 1. The van der Waals surface area contributed by atoms with E-state index in [9.17, 15) is 29.1 Å². The Morgan fingerprint density at radius 3 is 2.48 bits per heavy atom. The number of amides is 4. The number of methoxy groups -OCH3 is 1. The molecule has 4 aromatic rings. The first-order chi connectivity index (χ1) is 31.2. The molecule has 0 radical (unpaired) electrons. The second-order valence-corrected chi connectivity index (χ2v) is 19.6. The molecule has 6 bridgehead atoms. The molecule has 0 spiro atoms. The lowest BCUT2D eigenvalue weighted by atomic mass is 9.84. The number of ether oxygens (including phenoxy) is 2. The van der Waals surface area contributed by atoms with Crippen molar-refractivity contribution in [2.24, 2.45) is 11.3 Å². The second-order valence-electron chi connectivity index (χ2n) is 19.6. The normalized spacial score (nSPS) is 21.7. The lowest BCUT2D eigenvalue weighted by Gasteiger charge is -2.37. The number of carbonyl (C=O) groups is 5. The summed E-state index contributed by atoms with van der Waals surface area (Å²) in [6, 6.07) is 12.4. The molecule has 4 N–H and O–H groups in total. The van der Waals surface area contributed by atoms with Crippen LogP contribution in [0.2, 0.25) is 0 Å². The van der Waals surface area contributed by atoms with Crippen molar-refractivity contribution in [1.82, 2.24) is 40.4 Å². The van der Waals surface area contributed by atoms with E-state index in [1.165, 1.54) is 21.9 Å². The molecule has 0 saturated carbocycles. The molecule has 66 heavy (non-hydrogen) atoms. The Balaban J connectivity index is 1.30.